The third-order valence-electron chi connectivity index (χ3n) is 4.09. The Hall–Kier alpha value is -2.45. The molecular weight excluding hydrogens is 392 g/mol. The van der Waals surface area contributed by atoms with E-state index in [1.165, 1.54) is 0 Å². The average molecular weight is 417 g/mol. The van der Waals surface area contributed by atoms with Crippen LogP contribution in [0.1, 0.15) is 25.8 Å². The van der Waals surface area contributed by atoms with Crippen LogP contribution < -0.4 is 10.1 Å². The number of aromatic amines is 1. The summed E-state index contributed by atoms with van der Waals surface area (Å²) in [5.41, 5.74) is 1.16. The monoisotopic (exact) mass is 416 g/mol. The van der Waals surface area contributed by atoms with Crippen molar-refractivity contribution in [3.05, 3.63) is 52.1 Å². The van der Waals surface area contributed by atoms with Crippen molar-refractivity contribution >= 4 is 29.5 Å². The van der Waals surface area contributed by atoms with Gasteiger partial charge in [-0.15, -0.1) is 11.3 Å². The second kappa shape index (κ2) is 9.66. The van der Waals surface area contributed by atoms with Crippen LogP contribution in [0.4, 0.5) is 0 Å². The first-order valence-electron chi connectivity index (χ1n) is 9.24. The largest absolute Gasteiger partial charge is 0.491 e. The summed E-state index contributed by atoms with van der Waals surface area (Å²) in [6, 6.07) is 11.9. The average Bonchev–Trinajstić information content (AvgIpc) is 3.31. The van der Waals surface area contributed by atoms with E-state index >= 15 is 0 Å². The molecule has 0 radical (unpaired) electrons. The Morgan fingerprint density at radius 3 is 2.79 bits per heavy atom. The molecule has 2 N–H and O–H groups in total. The van der Waals surface area contributed by atoms with E-state index in [4.69, 9.17) is 17.0 Å². The van der Waals surface area contributed by atoms with Crippen LogP contribution in [-0.2, 0) is 17.8 Å². The SMILES string of the molecule is CC(C)Oc1ccc(CCNC(=O)CCn2c(-c3cccs3)n[nH]c2=S)cc1. The number of nitrogens with zero attached hydrogens (tertiary/aromatic N) is 2. The molecular formula is C20H24N4O2S2. The topological polar surface area (TPSA) is 71.9 Å². The molecule has 2 aromatic heterocycles. The number of carbonyl (C=O) groups excluding carboxylic acids is 1. The predicted octanol–water partition coefficient (Wildman–Crippen LogP) is 4.21. The maximum Gasteiger partial charge on any atom is 0.221 e. The highest BCUT2D eigenvalue weighted by Crippen LogP contribution is 2.22. The van der Waals surface area contributed by atoms with Gasteiger partial charge in [-0.2, -0.15) is 5.10 Å². The van der Waals surface area contributed by atoms with Crippen LogP contribution in [0.2, 0.25) is 0 Å². The molecule has 3 aromatic rings. The van der Waals surface area contributed by atoms with Crippen molar-refractivity contribution in [2.75, 3.05) is 6.54 Å². The first kappa shape index (κ1) is 20.3. The zero-order valence-electron chi connectivity index (χ0n) is 16.0. The van der Waals surface area contributed by atoms with Gasteiger partial charge in [0.2, 0.25) is 5.91 Å². The lowest BCUT2D eigenvalue weighted by Crippen LogP contribution is -2.26. The maximum atomic E-state index is 12.2. The van der Waals surface area contributed by atoms with Crippen molar-refractivity contribution in [2.45, 2.75) is 39.3 Å². The van der Waals surface area contributed by atoms with E-state index in [2.05, 4.69) is 15.5 Å². The summed E-state index contributed by atoms with van der Waals surface area (Å²) in [4.78, 5) is 13.2. The van der Waals surface area contributed by atoms with Gasteiger partial charge in [-0.1, -0.05) is 18.2 Å². The van der Waals surface area contributed by atoms with Gasteiger partial charge in [0.15, 0.2) is 10.6 Å². The Labute approximate surface area is 173 Å². The number of benzene rings is 1. The fourth-order valence-corrected chi connectivity index (χ4v) is 3.72. The van der Waals surface area contributed by atoms with Crippen molar-refractivity contribution in [1.82, 2.24) is 20.1 Å². The van der Waals surface area contributed by atoms with Gasteiger partial charge in [0, 0.05) is 19.5 Å². The van der Waals surface area contributed by atoms with E-state index in [1.807, 2.05) is 60.2 Å². The highest BCUT2D eigenvalue weighted by Gasteiger charge is 2.11. The van der Waals surface area contributed by atoms with Gasteiger partial charge in [0.25, 0.3) is 0 Å². The number of amides is 1. The second-order valence-electron chi connectivity index (χ2n) is 6.64. The number of nitrogens with one attached hydrogen (secondary N) is 2. The van der Waals surface area contributed by atoms with Crippen LogP contribution in [-0.4, -0.2) is 33.3 Å². The van der Waals surface area contributed by atoms with Crippen molar-refractivity contribution in [3.63, 3.8) is 0 Å². The Bertz CT molecular complexity index is 944. The second-order valence-corrected chi connectivity index (χ2v) is 7.98. The first-order valence-corrected chi connectivity index (χ1v) is 10.5. The van der Waals surface area contributed by atoms with Crippen molar-refractivity contribution in [3.8, 4) is 16.5 Å². The summed E-state index contributed by atoms with van der Waals surface area (Å²) in [7, 11) is 0. The smallest absolute Gasteiger partial charge is 0.221 e. The highest BCUT2D eigenvalue weighted by molar-refractivity contribution is 7.71. The first-order chi connectivity index (χ1) is 13.5. The van der Waals surface area contributed by atoms with Gasteiger partial charge in [-0.05, 0) is 61.6 Å². The molecule has 0 fully saturated rings. The molecule has 0 bridgehead atoms. The molecule has 1 amide bonds. The molecule has 3 rings (SSSR count). The maximum absolute atomic E-state index is 12.2. The third kappa shape index (κ3) is 5.53. The van der Waals surface area contributed by atoms with E-state index in [-0.39, 0.29) is 12.0 Å². The van der Waals surface area contributed by atoms with Crippen molar-refractivity contribution < 1.29 is 9.53 Å². The van der Waals surface area contributed by atoms with Crippen LogP contribution in [0.25, 0.3) is 10.7 Å². The third-order valence-corrected chi connectivity index (χ3v) is 5.27. The zero-order chi connectivity index (χ0) is 19.9. The number of hydrogen-bond acceptors (Lipinski definition) is 5. The van der Waals surface area contributed by atoms with Crippen LogP contribution in [0.3, 0.4) is 0 Å². The summed E-state index contributed by atoms with van der Waals surface area (Å²) in [5, 5.41) is 12.0. The molecule has 0 saturated heterocycles. The van der Waals surface area contributed by atoms with Gasteiger partial charge >= 0.3 is 0 Å². The summed E-state index contributed by atoms with van der Waals surface area (Å²) >= 11 is 6.89. The van der Waals surface area contributed by atoms with Crippen LogP contribution in [0.5, 0.6) is 5.75 Å². The van der Waals surface area contributed by atoms with Gasteiger partial charge in [0.05, 0.1) is 11.0 Å². The zero-order valence-corrected chi connectivity index (χ0v) is 17.6. The standard InChI is InChI=1S/C20H24N4O2S2/c1-14(2)26-16-7-5-15(6-8-16)9-11-21-18(25)10-12-24-19(22-23-20(24)27)17-4-3-13-28-17/h3-8,13-14H,9-12H2,1-2H3,(H,21,25)(H,23,27). The minimum Gasteiger partial charge on any atom is -0.491 e. The molecule has 0 aliphatic heterocycles. The number of carbonyl (C=O) groups is 1. The van der Waals surface area contributed by atoms with Gasteiger partial charge < -0.3 is 10.1 Å². The number of ether oxygens (including phenoxy) is 1. The minimum atomic E-state index is -0.00000847. The lowest BCUT2D eigenvalue weighted by Gasteiger charge is -2.10. The quantitative estimate of drug-likeness (QED) is 0.513. The summed E-state index contributed by atoms with van der Waals surface area (Å²) < 4.78 is 8.03. The van der Waals surface area contributed by atoms with Gasteiger partial charge in [0.1, 0.15) is 5.75 Å². The molecule has 6 nitrogen and oxygen atoms in total. The molecule has 148 valence electrons. The van der Waals surface area contributed by atoms with Crippen LogP contribution in [0.15, 0.2) is 41.8 Å². The number of thiophene rings is 1. The van der Waals surface area contributed by atoms with E-state index in [9.17, 15) is 4.79 Å². The molecule has 0 atom stereocenters. The van der Waals surface area contributed by atoms with Crippen molar-refractivity contribution in [1.29, 1.82) is 0 Å². The van der Waals surface area contributed by atoms with Crippen LogP contribution in [0, 0.1) is 4.77 Å². The van der Waals surface area contributed by atoms with E-state index in [1.54, 1.807) is 11.3 Å². The Morgan fingerprint density at radius 1 is 1.32 bits per heavy atom. The minimum absolute atomic E-state index is 0.00000847. The van der Waals surface area contributed by atoms with E-state index in [0.29, 0.717) is 24.3 Å². The Morgan fingerprint density at radius 2 is 2.11 bits per heavy atom. The Balaban J connectivity index is 1.46. The lowest BCUT2D eigenvalue weighted by molar-refractivity contribution is -0.121. The molecule has 0 aliphatic rings. The number of rotatable bonds is 9. The Kier molecular flexibility index (Phi) is 7.00. The summed E-state index contributed by atoms with van der Waals surface area (Å²) in [6.45, 7) is 5.10. The van der Waals surface area contributed by atoms with Crippen LogP contribution >= 0.6 is 23.6 Å². The molecule has 28 heavy (non-hydrogen) atoms. The highest BCUT2D eigenvalue weighted by atomic mass is 32.1. The number of H-pyrrole nitrogens is 1. The predicted molar refractivity (Wildman–Crippen MR) is 114 cm³/mol. The molecule has 0 unspecified atom stereocenters. The molecule has 0 spiro atoms. The molecule has 0 saturated carbocycles. The van der Waals surface area contributed by atoms with Gasteiger partial charge in [-0.3, -0.25) is 14.5 Å². The van der Waals surface area contributed by atoms with E-state index < -0.39 is 0 Å². The van der Waals surface area contributed by atoms with Gasteiger partial charge in [-0.25, -0.2) is 0 Å². The number of hydrogen-bond donors (Lipinski definition) is 2. The molecule has 2 heterocycles. The normalized spacial score (nSPS) is 11.0. The molecule has 1 aromatic carbocycles. The van der Waals surface area contributed by atoms with Crippen molar-refractivity contribution in [2.24, 2.45) is 0 Å². The number of aromatic nitrogens is 3. The summed E-state index contributed by atoms with van der Waals surface area (Å²) in [5.74, 6) is 1.64. The molecule has 8 heteroatoms. The molecule has 0 aliphatic carbocycles. The fraction of sp³-hybridized carbons (Fsp3) is 0.350. The fourth-order valence-electron chi connectivity index (χ4n) is 2.77. The lowest BCUT2D eigenvalue weighted by atomic mass is 10.1. The summed E-state index contributed by atoms with van der Waals surface area (Å²) in [6.07, 6.45) is 1.29. The van der Waals surface area contributed by atoms with E-state index in [0.717, 1.165) is 28.4 Å².